The van der Waals surface area contributed by atoms with Gasteiger partial charge >= 0.3 is 0 Å². The van der Waals surface area contributed by atoms with Gasteiger partial charge in [-0.15, -0.1) is 0 Å². The van der Waals surface area contributed by atoms with Gasteiger partial charge in [-0.1, -0.05) is 37.8 Å². The molecule has 0 unspecified atom stereocenters. The van der Waals surface area contributed by atoms with Crippen LogP contribution in [0.15, 0.2) is 22.7 Å². The van der Waals surface area contributed by atoms with E-state index in [1.54, 1.807) is 0 Å². The second kappa shape index (κ2) is 11.1. The number of ether oxygens (including phenoxy) is 1. The molecule has 0 spiro atoms. The Morgan fingerprint density at radius 3 is 2.59 bits per heavy atom. The summed E-state index contributed by atoms with van der Waals surface area (Å²) in [6, 6.07) is 5.63. The van der Waals surface area contributed by atoms with Crippen molar-refractivity contribution in [3.8, 4) is 5.75 Å². The number of aryl methyl sites for hydroxylation is 2. The minimum Gasteiger partial charge on any atom is -0.494 e. The zero-order valence-corrected chi connectivity index (χ0v) is 19.3. The van der Waals surface area contributed by atoms with E-state index < -0.39 is 5.54 Å². The first-order chi connectivity index (χ1) is 15.4. The van der Waals surface area contributed by atoms with Crippen LogP contribution in [0.4, 0.5) is 5.69 Å². The number of benzene rings is 1. The summed E-state index contributed by atoms with van der Waals surface area (Å²) >= 11 is 0. The maximum atomic E-state index is 12.5. The van der Waals surface area contributed by atoms with Crippen molar-refractivity contribution in [3.05, 3.63) is 35.5 Å². The molecule has 0 bridgehead atoms. The first-order valence-corrected chi connectivity index (χ1v) is 11.6. The lowest BCUT2D eigenvalue weighted by molar-refractivity contribution is -0.121. The summed E-state index contributed by atoms with van der Waals surface area (Å²) in [6.45, 7) is 6.18. The molecule has 1 heterocycles. The third-order valence-corrected chi connectivity index (χ3v) is 5.78. The van der Waals surface area contributed by atoms with E-state index in [9.17, 15) is 9.59 Å². The van der Waals surface area contributed by atoms with Gasteiger partial charge in [0.15, 0.2) is 5.82 Å². The molecule has 0 radical (unpaired) electrons. The minimum absolute atomic E-state index is 0.0980. The maximum Gasteiger partial charge on any atom is 0.227 e. The van der Waals surface area contributed by atoms with E-state index in [2.05, 4.69) is 27.7 Å². The van der Waals surface area contributed by atoms with Crippen LogP contribution in [0.2, 0.25) is 0 Å². The van der Waals surface area contributed by atoms with Gasteiger partial charge in [0.05, 0.1) is 6.61 Å². The first kappa shape index (κ1) is 23.8. The molecule has 1 fully saturated rings. The van der Waals surface area contributed by atoms with E-state index in [0.29, 0.717) is 24.7 Å². The van der Waals surface area contributed by atoms with Gasteiger partial charge in [0.1, 0.15) is 11.3 Å². The highest BCUT2D eigenvalue weighted by atomic mass is 16.5. The lowest BCUT2D eigenvalue weighted by Crippen LogP contribution is -2.45. The molecule has 32 heavy (non-hydrogen) atoms. The number of anilines is 1. The smallest absolute Gasteiger partial charge is 0.227 e. The topological polar surface area (TPSA) is 106 Å². The highest BCUT2D eigenvalue weighted by Gasteiger charge is 2.38. The van der Waals surface area contributed by atoms with Crippen LogP contribution in [0.1, 0.15) is 82.5 Å². The van der Waals surface area contributed by atoms with Crippen LogP contribution in [-0.4, -0.2) is 28.6 Å². The Morgan fingerprint density at radius 2 is 1.94 bits per heavy atom. The monoisotopic (exact) mass is 442 g/mol. The molecule has 174 valence electrons. The van der Waals surface area contributed by atoms with Gasteiger partial charge < -0.3 is 19.9 Å². The highest BCUT2D eigenvalue weighted by Crippen LogP contribution is 2.34. The van der Waals surface area contributed by atoms with Crippen LogP contribution in [0, 0.1) is 6.92 Å². The summed E-state index contributed by atoms with van der Waals surface area (Å²) < 4.78 is 11.1. The van der Waals surface area contributed by atoms with E-state index in [-0.39, 0.29) is 18.2 Å². The van der Waals surface area contributed by atoms with Gasteiger partial charge in [0, 0.05) is 25.5 Å². The third kappa shape index (κ3) is 6.31. The number of amides is 2. The average molecular weight is 443 g/mol. The number of rotatable bonds is 9. The van der Waals surface area contributed by atoms with E-state index in [0.717, 1.165) is 61.9 Å². The Balaban J connectivity index is 1.59. The predicted octanol–water partition coefficient (Wildman–Crippen LogP) is 4.42. The van der Waals surface area contributed by atoms with Crippen molar-refractivity contribution >= 4 is 17.5 Å². The van der Waals surface area contributed by atoms with Crippen molar-refractivity contribution in [2.24, 2.45) is 0 Å². The average Bonchev–Trinajstić information content (AvgIpc) is 3.12. The van der Waals surface area contributed by atoms with Crippen LogP contribution in [0.3, 0.4) is 0 Å². The zero-order chi connectivity index (χ0) is 23.0. The third-order valence-electron chi connectivity index (χ3n) is 5.78. The summed E-state index contributed by atoms with van der Waals surface area (Å²) in [5.74, 6) is 1.50. The molecular weight excluding hydrogens is 408 g/mol. The normalized spacial score (nSPS) is 15.6. The van der Waals surface area contributed by atoms with Gasteiger partial charge in [-0.05, 0) is 49.9 Å². The zero-order valence-electron chi connectivity index (χ0n) is 19.3. The molecule has 8 heteroatoms. The van der Waals surface area contributed by atoms with Crippen molar-refractivity contribution in [1.82, 2.24) is 15.5 Å². The molecule has 1 aliphatic carbocycles. The summed E-state index contributed by atoms with van der Waals surface area (Å²) in [5, 5.41) is 10.2. The van der Waals surface area contributed by atoms with Crippen LogP contribution in [-0.2, 0) is 21.5 Å². The maximum absolute atomic E-state index is 12.5. The highest BCUT2D eigenvalue weighted by molar-refractivity contribution is 5.91. The van der Waals surface area contributed by atoms with Crippen molar-refractivity contribution in [1.29, 1.82) is 0 Å². The lowest BCUT2D eigenvalue weighted by atomic mass is 9.89. The Morgan fingerprint density at radius 1 is 1.19 bits per heavy atom. The standard InChI is InChI=1S/C24H34N4O4/c1-4-15-31-19-9-10-20(17(2)16-19)25-21(30)11-12-22-26-23(28-32-22)24(27-18(3)29)13-7-5-6-8-14-24/h9-10,16H,4-8,11-15H2,1-3H3,(H,25,30)(H,27,29). The molecular formula is C24H34N4O4. The number of hydrogen-bond donors (Lipinski definition) is 2. The number of carbonyl (C=O) groups excluding carboxylic acids is 2. The number of hydrogen-bond acceptors (Lipinski definition) is 6. The van der Waals surface area contributed by atoms with Gasteiger partial charge in [-0.25, -0.2) is 0 Å². The SMILES string of the molecule is CCCOc1ccc(NC(=O)CCc2nc(C3(NC(C)=O)CCCCCC3)no2)c(C)c1. The van der Waals surface area contributed by atoms with Crippen LogP contribution >= 0.6 is 0 Å². The largest absolute Gasteiger partial charge is 0.494 e. The molecule has 2 amide bonds. The fourth-order valence-corrected chi connectivity index (χ4v) is 4.14. The van der Waals surface area contributed by atoms with Gasteiger partial charge in [-0.2, -0.15) is 4.98 Å². The van der Waals surface area contributed by atoms with Crippen molar-refractivity contribution in [2.75, 3.05) is 11.9 Å². The Labute approximate surface area is 189 Å². The summed E-state index contributed by atoms with van der Waals surface area (Å²) in [6.07, 6.45) is 7.39. The molecule has 1 aromatic carbocycles. The molecule has 0 saturated heterocycles. The van der Waals surface area contributed by atoms with Crippen molar-refractivity contribution in [2.45, 2.75) is 84.1 Å². The van der Waals surface area contributed by atoms with Gasteiger partial charge in [0.25, 0.3) is 0 Å². The van der Waals surface area contributed by atoms with Crippen molar-refractivity contribution in [3.63, 3.8) is 0 Å². The van der Waals surface area contributed by atoms with Crippen LogP contribution in [0.25, 0.3) is 0 Å². The second-order valence-corrected chi connectivity index (χ2v) is 8.56. The Bertz CT molecular complexity index is 916. The van der Waals surface area contributed by atoms with E-state index in [1.807, 2.05) is 25.1 Å². The Kier molecular flexibility index (Phi) is 8.25. The van der Waals surface area contributed by atoms with E-state index >= 15 is 0 Å². The van der Waals surface area contributed by atoms with Crippen LogP contribution < -0.4 is 15.4 Å². The molecule has 0 atom stereocenters. The summed E-state index contributed by atoms with van der Waals surface area (Å²) in [4.78, 5) is 28.9. The first-order valence-electron chi connectivity index (χ1n) is 11.6. The number of nitrogens with one attached hydrogen (secondary N) is 2. The number of carbonyl (C=O) groups is 2. The molecule has 3 rings (SSSR count). The van der Waals surface area contributed by atoms with E-state index in [1.165, 1.54) is 6.92 Å². The molecule has 1 aromatic heterocycles. The lowest BCUT2D eigenvalue weighted by Gasteiger charge is -2.30. The van der Waals surface area contributed by atoms with Crippen molar-refractivity contribution < 1.29 is 18.8 Å². The second-order valence-electron chi connectivity index (χ2n) is 8.56. The molecule has 2 aromatic rings. The van der Waals surface area contributed by atoms with Gasteiger partial charge in [0.2, 0.25) is 17.7 Å². The van der Waals surface area contributed by atoms with Gasteiger partial charge in [-0.3, -0.25) is 9.59 Å². The molecule has 1 aliphatic rings. The molecule has 2 N–H and O–H groups in total. The summed E-state index contributed by atoms with van der Waals surface area (Å²) in [7, 11) is 0. The minimum atomic E-state index is -0.578. The fourth-order valence-electron chi connectivity index (χ4n) is 4.14. The quantitative estimate of drug-likeness (QED) is 0.557. The summed E-state index contributed by atoms with van der Waals surface area (Å²) in [5.41, 5.74) is 1.12. The molecule has 1 saturated carbocycles. The fraction of sp³-hybridized carbons (Fsp3) is 0.583. The van der Waals surface area contributed by atoms with E-state index in [4.69, 9.17) is 9.26 Å². The molecule has 8 nitrogen and oxygen atoms in total. The Hall–Kier alpha value is -2.90. The predicted molar refractivity (Wildman–Crippen MR) is 121 cm³/mol. The number of aromatic nitrogens is 2. The number of nitrogens with zero attached hydrogens (tertiary/aromatic N) is 2. The molecule has 0 aliphatic heterocycles. The van der Waals surface area contributed by atoms with Crippen LogP contribution in [0.5, 0.6) is 5.75 Å².